The second kappa shape index (κ2) is 5.87. The van der Waals surface area contributed by atoms with E-state index < -0.39 is 0 Å². The fraction of sp³-hybridized carbons (Fsp3) is 0.500. The molecule has 1 saturated heterocycles. The van der Waals surface area contributed by atoms with Crippen LogP contribution in [0.15, 0.2) is 24.3 Å². The maximum Gasteiger partial charge on any atom is 0.323 e. The average molecular weight is 248 g/mol. The number of esters is 1. The number of hydrogen-bond acceptors (Lipinski definition) is 4. The normalized spacial score (nSPS) is 23.6. The summed E-state index contributed by atoms with van der Waals surface area (Å²) in [7, 11) is 0. The van der Waals surface area contributed by atoms with Gasteiger partial charge >= 0.3 is 5.97 Å². The van der Waals surface area contributed by atoms with Crippen molar-refractivity contribution in [3.8, 4) is 0 Å². The Morgan fingerprint density at radius 1 is 1.50 bits per heavy atom. The topological polar surface area (TPSA) is 64.3 Å². The summed E-state index contributed by atoms with van der Waals surface area (Å²) in [5.41, 5.74) is 7.69. The van der Waals surface area contributed by atoms with Gasteiger partial charge < -0.3 is 10.5 Å². The molecule has 3 N–H and O–H groups in total. The fourth-order valence-corrected chi connectivity index (χ4v) is 2.40. The van der Waals surface area contributed by atoms with Crippen molar-refractivity contribution in [2.75, 3.05) is 12.3 Å². The van der Waals surface area contributed by atoms with Crippen molar-refractivity contribution in [1.29, 1.82) is 0 Å². The Kier molecular flexibility index (Phi) is 4.20. The van der Waals surface area contributed by atoms with E-state index in [9.17, 15) is 4.79 Å². The number of carbonyl (C=O) groups is 1. The molecule has 1 heterocycles. The summed E-state index contributed by atoms with van der Waals surface area (Å²) in [6.45, 7) is 2.26. The van der Waals surface area contributed by atoms with Crippen LogP contribution in [-0.4, -0.2) is 18.6 Å². The maximum atomic E-state index is 11.7. The van der Waals surface area contributed by atoms with Crippen molar-refractivity contribution in [1.82, 2.24) is 5.32 Å². The van der Waals surface area contributed by atoms with Crippen LogP contribution in [0.25, 0.3) is 0 Å². The molecule has 0 saturated carbocycles. The number of ether oxygens (including phenoxy) is 1. The van der Waals surface area contributed by atoms with Crippen molar-refractivity contribution in [2.24, 2.45) is 0 Å². The molecule has 0 radical (unpaired) electrons. The maximum absolute atomic E-state index is 11.7. The van der Waals surface area contributed by atoms with Crippen LogP contribution in [0, 0.1) is 0 Å². The zero-order chi connectivity index (χ0) is 13.0. The monoisotopic (exact) mass is 248 g/mol. The SMILES string of the molecule is CCOC(=O)C1CCCC(c2cccc(N)c2)N1. The molecule has 18 heavy (non-hydrogen) atoms. The van der Waals surface area contributed by atoms with Crippen molar-refractivity contribution < 1.29 is 9.53 Å². The molecule has 0 amide bonds. The molecule has 1 fully saturated rings. The summed E-state index contributed by atoms with van der Waals surface area (Å²) in [4.78, 5) is 11.7. The van der Waals surface area contributed by atoms with E-state index >= 15 is 0 Å². The molecule has 1 aromatic carbocycles. The lowest BCUT2D eigenvalue weighted by molar-refractivity contribution is -0.146. The van der Waals surface area contributed by atoms with Crippen molar-refractivity contribution in [2.45, 2.75) is 38.3 Å². The molecule has 0 aliphatic carbocycles. The zero-order valence-electron chi connectivity index (χ0n) is 10.7. The first kappa shape index (κ1) is 12.9. The van der Waals surface area contributed by atoms with Crippen LogP contribution in [-0.2, 0) is 9.53 Å². The van der Waals surface area contributed by atoms with Gasteiger partial charge in [-0.25, -0.2) is 0 Å². The highest BCUT2D eigenvalue weighted by Gasteiger charge is 2.27. The summed E-state index contributed by atoms with van der Waals surface area (Å²) in [6, 6.07) is 7.82. The summed E-state index contributed by atoms with van der Waals surface area (Å²) in [5, 5.41) is 3.35. The Hall–Kier alpha value is -1.55. The van der Waals surface area contributed by atoms with E-state index in [1.54, 1.807) is 0 Å². The molecule has 1 aliphatic rings. The summed E-state index contributed by atoms with van der Waals surface area (Å²) >= 11 is 0. The van der Waals surface area contributed by atoms with E-state index in [-0.39, 0.29) is 18.1 Å². The van der Waals surface area contributed by atoms with E-state index in [4.69, 9.17) is 10.5 Å². The third kappa shape index (κ3) is 3.01. The van der Waals surface area contributed by atoms with Gasteiger partial charge in [0.1, 0.15) is 6.04 Å². The van der Waals surface area contributed by atoms with Gasteiger partial charge in [0.25, 0.3) is 0 Å². The molecule has 4 heteroatoms. The number of nitrogens with one attached hydrogen (secondary N) is 1. The standard InChI is InChI=1S/C14H20N2O2/c1-2-18-14(17)13-8-4-7-12(16-13)10-5-3-6-11(15)9-10/h3,5-6,9,12-13,16H,2,4,7-8,15H2,1H3. The van der Waals surface area contributed by atoms with Gasteiger partial charge in [-0.1, -0.05) is 12.1 Å². The molecular formula is C14H20N2O2. The number of hydrogen-bond donors (Lipinski definition) is 2. The molecular weight excluding hydrogens is 228 g/mol. The van der Waals surface area contributed by atoms with Crippen LogP contribution in [0.4, 0.5) is 5.69 Å². The number of carbonyl (C=O) groups excluding carboxylic acids is 1. The number of anilines is 1. The van der Waals surface area contributed by atoms with Gasteiger partial charge in [0.2, 0.25) is 0 Å². The van der Waals surface area contributed by atoms with Crippen LogP contribution < -0.4 is 11.1 Å². The van der Waals surface area contributed by atoms with Crippen molar-refractivity contribution >= 4 is 11.7 Å². The smallest absolute Gasteiger partial charge is 0.323 e. The molecule has 2 unspecified atom stereocenters. The third-order valence-electron chi connectivity index (χ3n) is 3.27. The average Bonchev–Trinajstić information content (AvgIpc) is 2.39. The lowest BCUT2D eigenvalue weighted by Gasteiger charge is -2.30. The second-order valence-corrected chi connectivity index (χ2v) is 4.62. The van der Waals surface area contributed by atoms with Gasteiger partial charge in [-0.2, -0.15) is 0 Å². The molecule has 1 aliphatic heterocycles. The first-order valence-electron chi connectivity index (χ1n) is 6.49. The van der Waals surface area contributed by atoms with Gasteiger partial charge in [0.15, 0.2) is 0 Å². The lowest BCUT2D eigenvalue weighted by atomic mass is 9.93. The zero-order valence-corrected chi connectivity index (χ0v) is 10.7. The Balaban J connectivity index is 2.04. The van der Waals surface area contributed by atoms with E-state index in [2.05, 4.69) is 5.32 Å². The second-order valence-electron chi connectivity index (χ2n) is 4.62. The third-order valence-corrected chi connectivity index (χ3v) is 3.27. The first-order chi connectivity index (χ1) is 8.70. The van der Waals surface area contributed by atoms with E-state index in [0.29, 0.717) is 6.61 Å². The Labute approximate surface area is 108 Å². The largest absolute Gasteiger partial charge is 0.465 e. The van der Waals surface area contributed by atoms with Crippen LogP contribution in [0.2, 0.25) is 0 Å². The lowest BCUT2D eigenvalue weighted by Crippen LogP contribution is -2.43. The van der Waals surface area contributed by atoms with E-state index in [1.165, 1.54) is 0 Å². The van der Waals surface area contributed by atoms with E-state index in [0.717, 1.165) is 30.5 Å². The number of benzene rings is 1. The molecule has 98 valence electrons. The highest BCUT2D eigenvalue weighted by atomic mass is 16.5. The van der Waals surface area contributed by atoms with Gasteiger partial charge in [-0.15, -0.1) is 0 Å². The Morgan fingerprint density at radius 3 is 3.06 bits per heavy atom. The summed E-state index contributed by atoms with van der Waals surface area (Å²) in [6.07, 6.45) is 2.90. The van der Waals surface area contributed by atoms with Crippen LogP contribution in [0.3, 0.4) is 0 Å². The highest BCUT2D eigenvalue weighted by molar-refractivity contribution is 5.76. The minimum absolute atomic E-state index is 0.147. The predicted octanol–water partition coefficient (Wildman–Crippen LogP) is 2.02. The molecule has 1 aromatic rings. The Bertz CT molecular complexity index is 420. The Morgan fingerprint density at radius 2 is 2.33 bits per heavy atom. The number of nitrogen functional groups attached to an aromatic ring is 1. The molecule has 0 aromatic heterocycles. The predicted molar refractivity (Wildman–Crippen MR) is 71.0 cm³/mol. The molecule has 0 spiro atoms. The number of piperidine rings is 1. The molecule has 2 rings (SSSR count). The molecule has 4 nitrogen and oxygen atoms in total. The van der Waals surface area contributed by atoms with Gasteiger partial charge in [0, 0.05) is 11.7 Å². The summed E-state index contributed by atoms with van der Waals surface area (Å²) in [5.74, 6) is -0.147. The minimum atomic E-state index is -0.190. The van der Waals surface area contributed by atoms with Crippen LogP contribution >= 0.6 is 0 Å². The van der Waals surface area contributed by atoms with Gasteiger partial charge in [0.05, 0.1) is 6.61 Å². The van der Waals surface area contributed by atoms with Gasteiger partial charge in [-0.3, -0.25) is 10.1 Å². The summed E-state index contributed by atoms with van der Waals surface area (Å²) < 4.78 is 5.06. The van der Waals surface area contributed by atoms with Crippen LogP contribution in [0.1, 0.15) is 37.8 Å². The minimum Gasteiger partial charge on any atom is -0.465 e. The highest BCUT2D eigenvalue weighted by Crippen LogP contribution is 2.26. The quantitative estimate of drug-likeness (QED) is 0.634. The molecule has 2 atom stereocenters. The fourth-order valence-electron chi connectivity index (χ4n) is 2.40. The first-order valence-corrected chi connectivity index (χ1v) is 6.49. The van der Waals surface area contributed by atoms with Gasteiger partial charge in [-0.05, 0) is 43.9 Å². The molecule has 0 bridgehead atoms. The van der Waals surface area contributed by atoms with Crippen molar-refractivity contribution in [3.63, 3.8) is 0 Å². The van der Waals surface area contributed by atoms with E-state index in [1.807, 2.05) is 31.2 Å². The number of rotatable bonds is 3. The number of nitrogens with two attached hydrogens (primary N) is 1. The van der Waals surface area contributed by atoms with Crippen LogP contribution in [0.5, 0.6) is 0 Å². The van der Waals surface area contributed by atoms with Crippen molar-refractivity contribution in [3.05, 3.63) is 29.8 Å².